The van der Waals surface area contributed by atoms with Gasteiger partial charge in [-0.05, 0) is 37.3 Å². The van der Waals surface area contributed by atoms with E-state index in [2.05, 4.69) is 13.1 Å². The van der Waals surface area contributed by atoms with E-state index in [0.29, 0.717) is 5.57 Å². The van der Waals surface area contributed by atoms with E-state index in [-0.39, 0.29) is 11.5 Å². The minimum absolute atomic E-state index is 0.113. The van der Waals surface area contributed by atoms with Gasteiger partial charge in [0.1, 0.15) is 8.07 Å². The summed E-state index contributed by atoms with van der Waals surface area (Å²) in [6.45, 7) is 9.61. The second kappa shape index (κ2) is 6.58. The summed E-state index contributed by atoms with van der Waals surface area (Å²) in [4.78, 5) is 0. The molecule has 1 aromatic carbocycles. The molecule has 0 spiro atoms. The third-order valence-corrected chi connectivity index (χ3v) is 10.0. The number of benzene rings is 1. The van der Waals surface area contributed by atoms with Gasteiger partial charge in [0.15, 0.2) is 23.3 Å². The molecule has 0 aromatic heterocycles. The van der Waals surface area contributed by atoms with Crippen molar-refractivity contribution >= 4 is 13.6 Å². The number of halogens is 5. The minimum atomic E-state index is -2.36. The second-order valence-electron chi connectivity index (χ2n) is 7.71. The zero-order chi connectivity index (χ0) is 20.3. The molecule has 1 aromatic rings. The summed E-state index contributed by atoms with van der Waals surface area (Å²) in [5.41, 5.74) is 0.885. The lowest BCUT2D eigenvalue weighted by Gasteiger charge is -2.32. The summed E-state index contributed by atoms with van der Waals surface area (Å²) >= 11 is 0. The van der Waals surface area contributed by atoms with Crippen molar-refractivity contribution in [3.8, 4) is 0 Å². The summed E-state index contributed by atoms with van der Waals surface area (Å²) in [5.74, 6) is -9.56. The molecule has 6 heteroatoms. The molecule has 1 atom stereocenters. The van der Waals surface area contributed by atoms with Gasteiger partial charge in [0.05, 0.1) is 5.56 Å². The molecule has 27 heavy (non-hydrogen) atoms. The topological polar surface area (TPSA) is 0 Å². The summed E-state index contributed by atoms with van der Waals surface area (Å²) in [5, 5.41) is 1.99. The van der Waals surface area contributed by atoms with Gasteiger partial charge in [-0.15, -0.1) is 0 Å². The molecule has 3 rings (SSSR count). The van der Waals surface area contributed by atoms with E-state index >= 15 is 0 Å². The van der Waals surface area contributed by atoms with Gasteiger partial charge in [-0.3, -0.25) is 0 Å². The van der Waals surface area contributed by atoms with Crippen molar-refractivity contribution in [3.63, 3.8) is 0 Å². The zero-order valence-corrected chi connectivity index (χ0v) is 16.9. The molecule has 0 amide bonds. The average molecular weight is 396 g/mol. The highest BCUT2D eigenvalue weighted by Gasteiger charge is 2.42. The highest BCUT2D eigenvalue weighted by atomic mass is 28.3. The average Bonchev–Trinajstić information content (AvgIpc) is 3.24. The van der Waals surface area contributed by atoms with E-state index in [9.17, 15) is 22.0 Å². The Balaban J connectivity index is 2.38. The predicted molar refractivity (Wildman–Crippen MR) is 100 cm³/mol. The quantitative estimate of drug-likeness (QED) is 0.228. The lowest BCUT2D eigenvalue weighted by atomic mass is 9.98. The third-order valence-electron chi connectivity index (χ3n) is 6.03. The number of hydrogen-bond acceptors (Lipinski definition) is 0. The lowest BCUT2D eigenvalue weighted by molar-refractivity contribution is 0.376. The van der Waals surface area contributed by atoms with Crippen molar-refractivity contribution in [1.29, 1.82) is 0 Å². The van der Waals surface area contributed by atoms with Crippen LogP contribution in [0.5, 0.6) is 0 Å². The van der Waals surface area contributed by atoms with Crippen LogP contribution in [0.15, 0.2) is 39.8 Å². The molecule has 0 heterocycles. The van der Waals surface area contributed by atoms with Crippen molar-refractivity contribution < 1.29 is 22.0 Å². The fourth-order valence-electron chi connectivity index (χ4n) is 4.24. The van der Waals surface area contributed by atoms with Crippen molar-refractivity contribution in [2.45, 2.75) is 40.3 Å². The molecule has 0 bridgehead atoms. The Hall–Kier alpha value is -1.95. The van der Waals surface area contributed by atoms with Gasteiger partial charge < -0.3 is 0 Å². The molecular formula is C21H21F5Si. The number of rotatable bonds is 3. The summed E-state index contributed by atoms with van der Waals surface area (Å²) in [7, 11) is -2.36. The molecule has 1 unspecified atom stereocenters. The van der Waals surface area contributed by atoms with Crippen LogP contribution in [0.3, 0.4) is 0 Å². The maximum absolute atomic E-state index is 14.6. The maximum atomic E-state index is 14.6. The van der Waals surface area contributed by atoms with Crippen LogP contribution in [0.25, 0.3) is 5.57 Å². The van der Waals surface area contributed by atoms with Crippen LogP contribution >= 0.6 is 0 Å². The molecule has 0 nitrogen and oxygen atoms in total. The van der Waals surface area contributed by atoms with Gasteiger partial charge >= 0.3 is 0 Å². The molecule has 2 aliphatic carbocycles. The third kappa shape index (κ3) is 2.76. The van der Waals surface area contributed by atoms with E-state index in [0.717, 1.165) is 17.2 Å². The Morgan fingerprint density at radius 1 is 0.889 bits per heavy atom. The lowest BCUT2D eigenvalue weighted by Crippen LogP contribution is -2.35. The van der Waals surface area contributed by atoms with E-state index in [4.69, 9.17) is 0 Å². The first-order valence-corrected chi connectivity index (χ1v) is 11.8. The molecule has 144 valence electrons. The minimum Gasteiger partial charge on any atom is -0.203 e. The van der Waals surface area contributed by atoms with Gasteiger partial charge in [0, 0.05) is 0 Å². The normalized spacial score (nSPS) is 20.2. The fraction of sp³-hybridized carbons (Fsp3) is 0.333. The van der Waals surface area contributed by atoms with Crippen LogP contribution in [0.2, 0.25) is 13.1 Å². The zero-order valence-electron chi connectivity index (χ0n) is 15.9. The summed E-state index contributed by atoms with van der Waals surface area (Å²) < 4.78 is 70.6. The first kappa shape index (κ1) is 19.8. The van der Waals surface area contributed by atoms with Crippen LogP contribution in [0.4, 0.5) is 22.0 Å². The van der Waals surface area contributed by atoms with Crippen LogP contribution in [0.1, 0.15) is 32.8 Å². The largest absolute Gasteiger partial charge is 0.203 e. The Morgan fingerprint density at radius 3 is 1.89 bits per heavy atom. The molecule has 0 aliphatic heterocycles. The van der Waals surface area contributed by atoms with E-state index in [1.54, 1.807) is 6.92 Å². The van der Waals surface area contributed by atoms with Crippen molar-refractivity contribution in [1.82, 2.24) is 0 Å². The van der Waals surface area contributed by atoms with Gasteiger partial charge in [0.2, 0.25) is 5.82 Å². The molecule has 2 aliphatic rings. The number of allylic oxidation sites excluding steroid dienone is 8. The maximum Gasteiger partial charge on any atom is 0.200 e. The fourth-order valence-corrected chi connectivity index (χ4v) is 7.96. The molecule has 0 saturated carbocycles. The molecular weight excluding hydrogens is 375 g/mol. The Kier molecular flexibility index (Phi) is 4.83. The Bertz CT molecular complexity index is 934. The van der Waals surface area contributed by atoms with Crippen molar-refractivity contribution in [2.75, 3.05) is 0 Å². The van der Waals surface area contributed by atoms with E-state index in [1.165, 1.54) is 5.20 Å². The van der Waals surface area contributed by atoms with E-state index < -0.39 is 42.7 Å². The molecule has 0 fully saturated rings. The van der Waals surface area contributed by atoms with Gasteiger partial charge in [0.25, 0.3) is 0 Å². The Labute approximate surface area is 156 Å². The monoisotopic (exact) mass is 396 g/mol. The van der Waals surface area contributed by atoms with Crippen molar-refractivity contribution in [2.24, 2.45) is 5.92 Å². The first-order chi connectivity index (χ1) is 12.5. The van der Waals surface area contributed by atoms with Crippen LogP contribution in [0, 0.1) is 35.0 Å². The van der Waals surface area contributed by atoms with Crippen LogP contribution in [-0.2, 0) is 0 Å². The van der Waals surface area contributed by atoms with Crippen molar-refractivity contribution in [3.05, 3.63) is 74.4 Å². The van der Waals surface area contributed by atoms with Gasteiger partial charge in [-0.2, -0.15) is 0 Å². The van der Waals surface area contributed by atoms with Gasteiger partial charge in [-0.1, -0.05) is 54.2 Å². The molecule has 0 radical (unpaired) electrons. The smallest absolute Gasteiger partial charge is 0.200 e. The van der Waals surface area contributed by atoms with Crippen LogP contribution in [-0.4, -0.2) is 8.07 Å². The highest BCUT2D eigenvalue weighted by molar-refractivity contribution is 6.91. The molecule has 0 saturated heterocycles. The SMILES string of the molecule is CC1=C(C)C(C)C([Si](C)(C)C2=CC=CC2)=C1c1c(F)c(F)c(F)c(F)c1F. The number of hydrogen-bond donors (Lipinski definition) is 0. The Morgan fingerprint density at radius 2 is 1.41 bits per heavy atom. The standard InChI is InChI=1S/C21H21F5Si/c1-10-11(2)14(15-16(22)18(24)20(26)19(25)17(15)23)21(12(10)3)27(4,5)13-8-6-7-9-13/h6-8,12H,9H2,1-5H3. The first-order valence-electron chi connectivity index (χ1n) is 8.82. The predicted octanol–water partition coefficient (Wildman–Crippen LogP) is 6.79. The summed E-state index contributed by atoms with van der Waals surface area (Å²) in [6.07, 6.45) is 6.70. The van der Waals surface area contributed by atoms with E-state index in [1.807, 2.05) is 32.1 Å². The van der Waals surface area contributed by atoms with Gasteiger partial charge in [-0.25, -0.2) is 22.0 Å². The summed E-state index contributed by atoms with van der Waals surface area (Å²) in [6, 6.07) is 0. The second-order valence-corrected chi connectivity index (χ2v) is 12.1. The highest BCUT2D eigenvalue weighted by Crippen LogP contribution is 2.49. The molecule has 0 N–H and O–H groups in total. The van der Waals surface area contributed by atoms with Crippen LogP contribution < -0.4 is 0 Å².